The number of benzene rings is 2. The van der Waals surface area contributed by atoms with Crippen LogP contribution in [0.2, 0.25) is 0 Å². The van der Waals surface area contributed by atoms with Crippen LogP contribution in [0.1, 0.15) is 63.5 Å². The molecule has 2 atom stereocenters. The normalized spacial score (nSPS) is 24.9. The smallest absolute Gasteiger partial charge is 0.267 e. The number of para-hydroxylation sites is 1. The monoisotopic (exact) mass is 418 g/mol. The predicted molar refractivity (Wildman–Crippen MR) is 128 cm³/mol. The highest BCUT2D eigenvalue weighted by atomic mass is 32.2. The maximum atomic E-state index is 13.5. The molecule has 1 saturated heterocycles. The van der Waals surface area contributed by atoms with E-state index in [9.17, 15) is 4.79 Å². The van der Waals surface area contributed by atoms with E-state index in [2.05, 4.69) is 45.0 Å². The number of amidine groups is 1. The number of carbonyl (C=O) groups is 1. The molecule has 0 aromatic heterocycles. The second kappa shape index (κ2) is 9.22. The van der Waals surface area contributed by atoms with Crippen LogP contribution in [0.4, 0.5) is 5.69 Å². The Hall–Kier alpha value is -2.33. The van der Waals surface area contributed by atoms with Crippen molar-refractivity contribution in [2.75, 3.05) is 0 Å². The molecule has 30 heavy (non-hydrogen) atoms. The van der Waals surface area contributed by atoms with Crippen LogP contribution in [-0.4, -0.2) is 22.0 Å². The second-order valence-corrected chi connectivity index (χ2v) is 9.68. The molecular formula is C26H30N2OS. The minimum absolute atomic E-state index is 0.0985. The Kier molecular flexibility index (Phi) is 6.43. The summed E-state index contributed by atoms with van der Waals surface area (Å²) < 4.78 is 0. The van der Waals surface area contributed by atoms with Gasteiger partial charge in [0.25, 0.3) is 5.91 Å². The van der Waals surface area contributed by atoms with E-state index < -0.39 is 0 Å². The third-order valence-electron chi connectivity index (χ3n) is 6.12. The van der Waals surface area contributed by atoms with Crippen LogP contribution in [-0.2, 0) is 4.79 Å². The van der Waals surface area contributed by atoms with Crippen molar-refractivity contribution in [3.63, 3.8) is 0 Å². The minimum atomic E-state index is 0.0985. The number of thioether (sulfide) groups is 1. The Morgan fingerprint density at radius 2 is 1.73 bits per heavy atom. The molecule has 0 N–H and O–H groups in total. The van der Waals surface area contributed by atoms with E-state index >= 15 is 0 Å². The molecule has 0 bridgehead atoms. The summed E-state index contributed by atoms with van der Waals surface area (Å²) in [5, 5.41) is 0.815. The fourth-order valence-electron chi connectivity index (χ4n) is 4.28. The zero-order chi connectivity index (χ0) is 21.1. The van der Waals surface area contributed by atoms with Crippen molar-refractivity contribution in [2.45, 2.75) is 58.4 Å². The van der Waals surface area contributed by atoms with E-state index in [0.717, 1.165) is 27.7 Å². The van der Waals surface area contributed by atoms with E-state index in [0.29, 0.717) is 11.8 Å². The van der Waals surface area contributed by atoms with Gasteiger partial charge in [0.1, 0.15) is 0 Å². The summed E-state index contributed by atoms with van der Waals surface area (Å²) in [7, 11) is 0. The Balaban J connectivity index is 1.68. The zero-order valence-electron chi connectivity index (χ0n) is 18.0. The number of carbonyl (C=O) groups excluding carboxylic acids is 1. The van der Waals surface area contributed by atoms with Gasteiger partial charge in [-0.15, -0.1) is 0 Å². The predicted octanol–water partition coefficient (Wildman–Crippen LogP) is 6.99. The van der Waals surface area contributed by atoms with Gasteiger partial charge in [0.2, 0.25) is 0 Å². The number of hydrogen-bond donors (Lipinski definition) is 0. The maximum absolute atomic E-state index is 13.5. The maximum Gasteiger partial charge on any atom is 0.267 e. The van der Waals surface area contributed by atoms with E-state index in [1.165, 1.54) is 36.6 Å². The molecule has 4 heteroatoms. The first-order valence-electron chi connectivity index (χ1n) is 11.0. The third kappa shape index (κ3) is 4.54. The molecule has 2 aromatic carbocycles. The molecule has 1 heterocycles. The van der Waals surface area contributed by atoms with Crippen molar-refractivity contribution >= 4 is 34.6 Å². The van der Waals surface area contributed by atoms with Crippen molar-refractivity contribution in [1.29, 1.82) is 0 Å². The summed E-state index contributed by atoms with van der Waals surface area (Å²) in [5.41, 5.74) is 3.27. The average Bonchev–Trinajstić information content (AvgIpc) is 3.04. The lowest BCUT2D eigenvalue weighted by Gasteiger charge is -2.35. The fourth-order valence-corrected chi connectivity index (χ4v) is 5.32. The zero-order valence-corrected chi connectivity index (χ0v) is 18.9. The molecule has 2 aromatic rings. The van der Waals surface area contributed by atoms with Gasteiger partial charge < -0.3 is 0 Å². The van der Waals surface area contributed by atoms with Crippen molar-refractivity contribution in [3.8, 4) is 0 Å². The summed E-state index contributed by atoms with van der Waals surface area (Å²) in [6.45, 7) is 6.66. The van der Waals surface area contributed by atoms with Crippen LogP contribution >= 0.6 is 11.8 Å². The molecule has 1 aliphatic heterocycles. The summed E-state index contributed by atoms with van der Waals surface area (Å²) in [6, 6.07) is 18.7. The Labute approximate surface area is 184 Å². The molecule has 156 valence electrons. The second-order valence-electron chi connectivity index (χ2n) is 8.67. The van der Waals surface area contributed by atoms with Gasteiger partial charge >= 0.3 is 0 Å². The van der Waals surface area contributed by atoms with E-state index in [-0.39, 0.29) is 11.9 Å². The molecular weight excluding hydrogens is 388 g/mol. The minimum Gasteiger partial charge on any atom is -0.283 e. The highest BCUT2D eigenvalue weighted by Gasteiger charge is 2.41. The van der Waals surface area contributed by atoms with Gasteiger partial charge in [-0.2, -0.15) is 0 Å². The van der Waals surface area contributed by atoms with Crippen LogP contribution in [0, 0.1) is 5.92 Å². The van der Waals surface area contributed by atoms with E-state index in [1.807, 2.05) is 41.3 Å². The van der Waals surface area contributed by atoms with Crippen molar-refractivity contribution < 1.29 is 4.79 Å². The third-order valence-corrected chi connectivity index (χ3v) is 7.10. The molecule has 4 rings (SSSR count). The standard InChI is InChI=1S/C26H30N2OS/c1-18(2)21-15-13-20(14-16-21)17-24-25(29)28(23-12-8-7-9-19(23)3)26(30-24)27-22-10-5-4-6-11-22/h4-6,10-11,13-19,23H,7-9,12H2,1-3H3/b24-17-,27-26?/t19-,23+/m0/s1. The quantitative estimate of drug-likeness (QED) is 0.501. The lowest BCUT2D eigenvalue weighted by Crippen LogP contribution is -2.44. The summed E-state index contributed by atoms with van der Waals surface area (Å²) >= 11 is 1.51. The van der Waals surface area contributed by atoms with Gasteiger partial charge in [0.15, 0.2) is 5.17 Å². The Morgan fingerprint density at radius 3 is 2.40 bits per heavy atom. The Bertz CT molecular complexity index is 947. The summed E-state index contributed by atoms with van der Waals surface area (Å²) in [4.78, 5) is 21.1. The molecule has 1 aliphatic carbocycles. The SMILES string of the molecule is CC(C)c1ccc(/C=C2\SC(=Nc3ccccc3)N([C@@H]3CCCC[C@@H]3C)C2=O)cc1. The Morgan fingerprint density at radius 1 is 1.03 bits per heavy atom. The molecule has 0 spiro atoms. The van der Waals surface area contributed by atoms with Gasteiger partial charge in [-0.1, -0.05) is 76.1 Å². The largest absolute Gasteiger partial charge is 0.283 e. The fraction of sp³-hybridized carbons (Fsp3) is 0.385. The van der Waals surface area contributed by atoms with Gasteiger partial charge in [-0.25, -0.2) is 4.99 Å². The molecule has 2 aliphatic rings. The molecule has 0 unspecified atom stereocenters. The highest BCUT2D eigenvalue weighted by molar-refractivity contribution is 8.18. The lowest BCUT2D eigenvalue weighted by atomic mass is 9.85. The lowest BCUT2D eigenvalue weighted by molar-refractivity contribution is -0.124. The van der Waals surface area contributed by atoms with Gasteiger partial charge in [-0.3, -0.25) is 9.69 Å². The first kappa shape index (κ1) is 20.9. The van der Waals surface area contributed by atoms with E-state index in [1.54, 1.807) is 0 Å². The molecule has 0 radical (unpaired) electrons. The van der Waals surface area contributed by atoms with Crippen molar-refractivity contribution in [1.82, 2.24) is 4.90 Å². The van der Waals surface area contributed by atoms with Crippen LogP contribution in [0.3, 0.4) is 0 Å². The van der Waals surface area contributed by atoms with Crippen molar-refractivity contribution in [3.05, 3.63) is 70.6 Å². The van der Waals surface area contributed by atoms with Crippen LogP contribution < -0.4 is 0 Å². The highest BCUT2D eigenvalue weighted by Crippen LogP contribution is 2.40. The van der Waals surface area contributed by atoms with Gasteiger partial charge in [0.05, 0.1) is 10.6 Å². The average molecular weight is 419 g/mol. The molecule has 2 fully saturated rings. The van der Waals surface area contributed by atoms with Gasteiger partial charge in [-0.05, 0) is 65.8 Å². The van der Waals surface area contributed by atoms with Gasteiger partial charge in [0, 0.05) is 6.04 Å². The number of amides is 1. The summed E-state index contributed by atoms with van der Waals surface area (Å²) in [5.74, 6) is 1.09. The molecule has 1 saturated carbocycles. The number of nitrogens with zero attached hydrogens (tertiary/aromatic N) is 2. The molecule has 1 amide bonds. The van der Waals surface area contributed by atoms with Crippen LogP contribution in [0.5, 0.6) is 0 Å². The number of hydrogen-bond acceptors (Lipinski definition) is 3. The first-order valence-corrected chi connectivity index (χ1v) is 11.8. The number of rotatable bonds is 4. The number of aliphatic imine (C=N–C) groups is 1. The van der Waals surface area contributed by atoms with Crippen LogP contribution in [0.15, 0.2) is 64.5 Å². The van der Waals surface area contributed by atoms with Crippen LogP contribution in [0.25, 0.3) is 6.08 Å². The topological polar surface area (TPSA) is 32.7 Å². The molecule has 3 nitrogen and oxygen atoms in total. The first-order chi connectivity index (χ1) is 14.5. The van der Waals surface area contributed by atoms with Crippen molar-refractivity contribution in [2.24, 2.45) is 10.9 Å². The summed E-state index contributed by atoms with van der Waals surface area (Å²) in [6.07, 6.45) is 6.68. The van der Waals surface area contributed by atoms with E-state index in [4.69, 9.17) is 4.99 Å².